The van der Waals surface area contributed by atoms with Crippen molar-refractivity contribution in [1.82, 2.24) is 0 Å². The van der Waals surface area contributed by atoms with Crippen LogP contribution in [0.4, 0.5) is 8.78 Å². The lowest BCUT2D eigenvalue weighted by Gasteiger charge is -2.09. The first-order valence-corrected chi connectivity index (χ1v) is 9.72. The lowest BCUT2D eigenvalue weighted by atomic mass is 9.96. The third-order valence-corrected chi connectivity index (χ3v) is 5.32. The molecule has 1 aliphatic heterocycles. The van der Waals surface area contributed by atoms with E-state index in [2.05, 4.69) is 15.9 Å². The molecule has 0 saturated heterocycles. The average Bonchev–Trinajstić information content (AvgIpc) is 2.89. The van der Waals surface area contributed by atoms with Crippen molar-refractivity contribution in [3.8, 4) is 0 Å². The topological polar surface area (TPSA) is 60.4 Å². The van der Waals surface area contributed by atoms with Gasteiger partial charge < -0.3 is 4.74 Å². The summed E-state index contributed by atoms with van der Waals surface area (Å²) >= 11 is 3.29. The SMILES string of the molecule is CS(=O)(=O)c1cc(F)c(C2=C(c3cccc(Br)c3)C(=O)OC2)cc1F. The van der Waals surface area contributed by atoms with Crippen molar-refractivity contribution in [2.24, 2.45) is 0 Å². The highest BCUT2D eigenvalue weighted by molar-refractivity contribution is 9.10. The van der Waals surface area contributed by atoms with Gasteiger partial charge in [0.25, 0.3) is 0 Å². The minimum absolute atomic E-state index is 0.117. The summed E-state index contributed by atoms with van der Waals surface area (Å²) in [6.07, 6.45) is 0.791. The molecule has 0 saturated carbocycles. The fourth-order valence-corrected chi connectivity index (χ4v) is 3.73. The quantitative estimate of drug-likeness (QED) is 0.700. The molecule has 2 aromatic carbocycles. The van der Waals surface area contributed by atoms with Crippen LogP contribution in [0, 0.1) is 11.6 Å². The van der Waals surface area contributed by atoms with Crippen molar-refractivity contribution in [3.05, 3.63) is 63.6 Å². The maximum absolute atomic E-state index is 14.5. The highest BCUT2D eigenvalue weighted by Crippen LogP contribution is 2.36. The normalized spacial score (nSPS) is 14.8. The second-order valence-electron chi connectivity index (χ2n) is 5.47. The van der Waals surface area contributed by atoms with Gasteiger partial charge in [-0.05, 0) is 29.8 Å². The Labute approximate surface area is 151 Å². The Morgan fingerprint density at radius 3 is 2.48 bits per heavy atom. The molecule has 0 bridgehead atoms. The number of ether oxygens (including phenoxy) is 1. The highest BCUT2D eigenvalue weighted by Gasteiger charge is 2.30. The molecule has 0 atom stereocenters. The van der Waals surface area contributed by atoms with Gasteiger partial charge in [0.05, 0.1) is 5.57 Å². The highest BCUT2D eigenvalue weighted by atomic mass is 79.9. The molecule has 8 heteroatoms. The predicted molar refractivity (Wildman–Crippen MR) is 91.4 cm³/mol. The third-order valence-electron chi connectivity index (χ3n) is 3.71. The van der Waals surface area contributed by atoms with E-state index in [0.29, 0.717) is 16.1 Å². The van der Waals surface area contributed by atoms with Crippen LogP contribution in [0.1, 0.15) is 11.1 Å². The molecule has 25 heavy (non-hydrogen) atoms. The van der Waals surface area contributed by atoms with Crippen molar-refractivity contribution >= 4 is 42.9 Å². The van der Waals surface area contributed by atoms with Crippen LogP contribution in [0.2, 0.25) is 0 Å². The molecule has 0 N–H and O–H groups in total. The van der Waals surface area contributed by atoms with Gasteiger partial charge in [-0.3, -0.25) is 0 Å². The summed E-state index contributed by atoms with van der Waals surface area (Å²) in [6.45, 7) is -0.227. The Balaban J connectivity index is 2.23. The van der Waals surface area contributed by atoms with Gasteiger partial charge in [-0.25, -0.2) is 22.0 Å². The number of halogens is 3. The summed E-state index contributed by atoms with van der Waals surface area (Å²) in [4.78, 5) is 11.4. The van der Waals surface area contributed by atoms with E-state index < -0.39 is 32.3 Å². The van der Waals surface area contributed by atoms with Crippen molar-refractivity contribution in [1.29, 1.82) is 0 Å². The summed E-state index contributed by atoms with van der Waals surface area (Å²) in [7, 11) is -3.91. The second-order valence-corrected chi connectivity index (χ2v) is 8.37. The maximum Gasteiger partial charge on any atom is 0.339 e. The molecule has 0 unspecified atom stereocenters. The molecule has 1 heterocycles. The summed E-state index contributed by atoms with van der Waals surface area (Å²) in [5.74, 6) is -2.68. The summed E-state index contributed by atoms with van der Waals surface area (Å²) in [5.41, 5.74) is 0.566. The van der Waals surface area contributed by atoms with Crippen LogP contribution < -0.4 is 0 Å². The van der Waals surface area contributed by atoms with Crippen molar-refractivity contribution in [2.75, 3.05) is 12.9 Å². The van der Waals surface area contributed by atoms with E-state index in [1.807, 2.05) is 0 Å². The minimum atomic E-state index is -3.91. The molecule has 0 radical (unpaired) electrons. The predicted octanol–water partition coefficient (Wildman–Crippen LogP) is 3.60. The minimum Gasteiger partial charge on any atom is -0.457 e. The van der Waals surface area contributed by atoms with E-state index in [-0.39, 0.29) is 23.3 Å². The molecule has 3 rings (SSSR count). The van der Waals surface area contributed by atoms with Gasteiger partial charge in [-0.2, -0.15) is 0 Å². The van der Waals surface area contributed by atoms with Crippen LogP contribution in [-0.4, -0.2) is 27.2 Å². The summed E-state index contributed by atoms with van der Waals surface area (Å²) < 4.78 is 57.3. The monoisotopic (exact) mass is 428 g/mol. The molecule has 0 fully saturated rings. The first kappa shape index (κ1) is 17.8. The number of hydrogen-bond donors (Lipinski definition) is 0. The Hall–Kier alpha value is -2.06. The Bertz CT molecular complexity index is 1030. The largest absolute Gasteiger partial charge is 0.457 e. The molecule has 0 aliphatic carbocycles. The lowest BCUT2D eigenvalue weighted by molar-refractivity contribution is -0.133. The molecular weight excluding hydrogens is 418 g/mol. The van der Waals surface area contributed by atoms with Gasteiger partial charge in [0.1, 0.15) is 23.1 Å². The second kappa shape index (κ2) is 6.34. The van der Waals surface area contributed by atoms with Crippen molar-refractivity contribution < 1.29 is 26.7 Å². The Morgan fingerprint density at radius 1 is 1.12 bits per heavy atom. The van der Waals surface area contributed by atoms with E-state index in [1.54, 1.807) is 24.3 Å². The number of carbonyl (C=O) groups is 1. The van der Waals surface area contributed by atoms with E-state index in [4.69, 9.17) is 4.74 Å². The van der Waals surface area contributed by atoms with Gasteiger partial charge in [-0.15, -0.1) is 0 Å². The van der Waals surface area contributed by atoms with Gasteiger partial charge in [0.2, 0.25) is 0 Å². The van der Waals surface area contributed by atoms with E-state index in [9.17, 15) is 22.0 Å². The molecule has 130 valence electrons. The first-order valence-electron chi connectivity index (χ1n) is 7.04. The van der Waals surface area contributed by atoms with Crippen LogP contribution in [0.15, 0.2) is 45.8 Å². The number of hydrogen-bond acceptors (Lipinski definition) is 4. The van der Waals surface area contributed by atoms with Crippen LogP contribution in [-0.2, 0) is 19.4 Å². The zero-order chi connectivity index (χ0) is 18.4. The molecule has 4 nitrogen and oxygen atoms in total. The fraction of sp³-hybridized carbons (Fsp3) is 0.118. The van der Waals surface area contributed by atoms with Gasteiger partial charge >= 0.3 is 5.97 Å². The molecule has 1 aliphatic rings. The number of sulfone groups is 1. The number of cyclic esters (lactones) is 1. The smallest absolute Gasteiger partial charge is 0.339 e. The van der Waals surface area contributed by atoms with E-state index >= 15 is 0 Å². The summed E-state index contributed by atoms with van der Waals surface area (Å²) in [5, 5.41) is 0. The standard InChI is InChI=1S/C17H11BrF2O4S/c1-25(22,23)15-7-13(19)11(6-14(15)20)12-8-24-17(21)16(12)9-3-2-4-10(18)5-9/h2-7H,8H2,1H3. The van der Waals surface area contributed by atoms with E-state index in [0.717, 1.165) is 12.3 Å². The third kappa shape index (κ3) is 3.36. The van der Waals surface area contributed by atoms with Crippen molar-refractivity contribution in [2.45, 2.75) is 4.90 Å². The lowest BCUT2D eigenvalue weighted by Crippen LogP contribution is -2.04. The van der Waals surface area contributed by atoms with Gasteiger partial charge in [0, 0.05) is 21.9 Å². The number of rotatable bonds is 3. The van der Waals surface area contributed by atoms with Gasteiger partial charge in [-0.1, -0.05) is 28.1 Å². The molecule has 2 aromatic rings. The Morgan fingerprint density at radius 2 is 1.84 bits per heavy atom. The average molecular weight is 429 g/mol. The zero-order valence-electron chi connectivity index (χ0n) is 12.8. The number of esters is 1. The molecule has 0 amide bonds. The molecule has 0 aromatic heterocycles. The maximum atomic E-state index is 14.5. The number of benzene rings is 2. The van der Waals surface area contributed by atoms with Crippen molar-refractivity contribution in [3.63, 3.8) is 0 Å². The number of carbonyl (C=O) groups excluding carboxylic acids is 1. The van der Waals surface area contributed by atoms with Crippen LogP contribution in [0.3, 0.4) is 0 Å². The first-order chi connectivity index (χ1) is 11.7. The Kier molecular flexibility index (Phi) is 4.51. The van der Waals surface area contributed by atoms with Crippen LogP contribution >= 0.6 is 15.9 Å². The van der Waals surface area contributed by atoms with Gasteiger partial charge in [0.15, 0.2) is 9.84 Å². The summed E-state index contributed by atoms with van der Waals surface area (Å²) in [6, 6.07) is 8.15. The zero-order valence-corrected chi connectivity index (χ0v) is 15.2. The van der Waals surface area contributed by atoms with Crippen LogP contribution in [0.5, 0.6) is 0 Å². The molecule has 0 spiro atoms. The van der Waals surface area contributed by atoms with E-state index in [1.165, 1.54) is 0 Å². The fourth-order valence-electron chi connectivity index (χ4n) is 2.60. The molecular formula is C17H11BrF2O4S. The van der Waals surface area contributed by atoms with Crippen LogP contribution in [0.25, 0.3) is 11.1 Å².